The molecule has 1 heterocycles. The van der Waals surface area contributed by atoms with Gasteiger partial charge in [-0.1, -0.05) is 41.9 Å². The van der Waals surface area contributed by atoms with Crippen molar-refractivity contribution in [2.24, 2.45) is 0 Å². The van der Waals surface area contributed by atoms with Crippen LogP contribution in [0, 0.1) is 0 Å². The van der Waals surface area contributed by atoms with E-state index in [1.54, 1.807) is 30.0 Å². The van der Waals surface area contributed by atoms with E-state index in [-0.39, 0.29) is 18.2 Å². The molecule has 23 heavy (non-hydrogen) atoms. The predicted molar refractivity (Wildman–Crippen MR) is 90.5 cm³/mol. The Kier molecular flexibility index (Phi) is 3.86. The number of carbonyl (C=O) groups is 2. The van der Waals surface area contributed by atoms with E-state index < -0.39 is 5.66 Å². The van der Waals surface area contributed by atoms with Gasteiger partial charge in [0.15, 0.2) is 11.4 Å². The van der Waals surface area contributed by atoms with Crippen LogP contribution in [-0.4, -0.2) is 22.3 Å². The molecule has 0 aromatic heterocycles. The van der Waals surface area contributed by atoms with Gasteiger partial charge in [0, 0.05) is 10.7 Å². The maximum absolute atomic E-state index is 12.9. The van der Waals surface area contributed by atoms with Gasteiger partial charge in [-0.15, -0.1) is 0 Å². The zero-order valence-electron chi connectivity index (χ0n) is 13.0. The first kappa shape index (κ1) is 15.6. The largest absolute Gasteiger partial charge is 0.356 e. The number of rotatable bonds is 3. The molecule has 1 aliphatic heterocycles. The number of ketones is 1. The van der Waals surface area contributed by atoms with Gasteiger partial charge in [0.2, 0.25) is 0 Å². The predicted octanol–water partition coefficient (Wildman–Crippen LogP) is 3.71. The molecule has 0 bridgehead atoms. The zero-order valence-corrected chi connectivity index (χ0v) is 13.7. The van der Waals surface area contributed by atoms with Crippen LogP contribution in [0.2, 0.25) is 5.02 Å². The summed E-state index contributed by atoms with van der Waals surface area (Å²) < 4.78 is 0. The lowest BCUT2D eigenvalue weighted by Gasteiger charge is -2.44. The van der Waals surface area contributed by atoms with Gasteiger partial charge in [-0.2, -0.15) is 0 Å². The van der Waals surface area contributed by atoms with Gasteiger partial charge in [-0.3, -0.25) is 9.59 Å². The van der Waals surface area contributed by atoms with Crippen molar-refractivity contribution in [2.45, 2.75) is 26.1 Å². The Labute approximate surface area is 140 Å². The summed E-state index contributed by atoms with van der Waals surface area (Å²) in [6.07, 6.45) is 0. The molecule has 0 spiro atoms. The van der Waals surface area contributed by atoms with Crippen LogP contribution in [-0.2, 0) is 11.3 Å². The molecule has 1 N–H and O–H groups in total. The summed E-state index contributed by atoms with van der Waals surface area (Å²) in [7, 11) is 0. The first-order chi connectivity index (χ1) is 10.9. The van der Waals surface area contributed by atoms with E-state index >= 15 is 0 Å². The number of hydrogen-bond donors (Lipinski definition) is 1. The van der Waals surface area contributed by atoms with Crippen LogP contribution in [0.3, 0.4) is 0 Å². The van der Waals surface area contributed by atoms with Crippen molar-refractivity contribution in [3.05, 3.63) is 64.7 Å². The summed E-state index contributed by atoms with van der Waals surface area (Å²) in [5.41, 5.74) is 0.921. The second kappa shape index (κ2) is 5.70. The minimum absolute atomic E-state index is 0.132. The number of benzene rings is 2. The smallest absolute Gasteiger partial charge is 0.258 e. The fourth-order valence-electron chi connectivity index (χ4n) is 2.76. The summed E-state index contributed by atoms with van der Waals surface area (Å²) in [5.74, 6) is -0.315. The van der Waals surface area contributed by atoms with Crippen LogP contribution in [0.1, 0.15) is 29.8 Å². The standard InChI is InChI=1S/C18H17ClN2O2/c1-12(22)18(2)20-16-10-6-4-8-14(16)17(23)21(18)11-13-7-3-5-9-15(13)19/h3-10,20H,11H2,1-2H3. The van der Waals surface area contributed by atoms with Gasteiger partial charge < -0.3 is 10.2 Å². The molecular formula is C18H17ClN2O2. The van der Waals surface area contributed by atoms with Gasteiger partial charge in [0.1, 0.15) is 0 Å². The van der Waals surface area contributed by atoms with Crippen LogP contribution in [0.15, 0.2) is 48.5 Å². The quantitative estimate of drug-likeness (QED) is 0.934. The van der Waals surface area contributed by atoms with Crippen molar-refractivity contribution in [1.29, 1.82) is 0 Å². The number of nitrogens with one attached hydrogen (secondary N) is 1. The molecule has 3 rings (SSSR count). The maximum Gasteiger partial charge on any atom is 0.258 e. The summed E-state index contributed by atoms with van der Waals surface area (Å²) in [4.78, 5) is 26.8. The van der Waals surface area contributed by atoms with Gasteiger partial charge in [0.05, 0.1) is 12.1 Å². The molecule has 1 amide bonds. The molecule has 0 radical (unpaired) electrons. The second-order valence-corrected chi connectivity index (χ2v) is 6.19. The highest BCUT2D eigenvalue weighted by Crippen LogP contribution is 2.33. The monoisotopic (exact) mass is 328 g/mol. The molecule has 5 heteroatoms. The second-order valence-electron chi connectivity index (χ2n) is 5.78. The van der Waals surface area contributed by atoms with Crippen LogP contribution < -0.4 is 5.32 Å². The third-order valence-corrected chi connectivity index (χ3v) is 4.66. The minimum Gasteiger partial charge on any atom is -0.356 e. The van der Waals surface area contributed by atoms with E-state index in [1.165, 1.54) is 6.92 Å². The van der Waals surface area contributed by atoms with E-state index in [1.807, 2.05) is 30.3 Å². The van der Waals surface area contributed by atoms with E-state index in [2.05, 4.69) is 5.32 Å². The molecule has 0 saturated heterocycles. The highest BCUT2D eigenvalue weighted by atomic mass is 35.5. The maximum atomic E-state index is 12.9. The molecule has 2 aromatic rings. The molecular weight excluding hydrogens is 312 g/mol. The number of nitrogens with zero attached hydrogens (tertiary/aromatic N) is 1. The number of Topliss-reactive ketones (excluding diaryl/α,β-unsaturated/α-hetero) is 1. The van der Waals surface area contributed by atoms with Crippen molar-refractivity contribution in [3.63, 3.8) is 0 Å². The van der Waals surface area contributed by atoms with Gasteiger partial charge in [-0.05, 0) is 37.6 Å². The molecule has 1 unspecified atom stereocenters. The number of fused-ring (bicyclic) bond motifs is 1. The Balaban J connectivity index is 2.07. The van der Waals surface area contributed by atoms with Gasteiger partial charge in [0.25, 0.3) is 5.91 Å². The van der Waals surface area contributed by atoms with E-state index in [9.17, 15) is 9.59 Å². The Morgan fingerprint density at radius 1 is 1.17 bits per heavy atom. The summed E-state index contributed by atoms with van der Waals surface area (Å²) in [5, 5.41) is 3.78. The van der Waals surface area contributed by atoms with Crippen molar-refractivity contribution in [3.8, 4) is 0 Å². The highest BCUT2D eigenvalue weighted by molar-refractivity contribution is 6.31. The number of carbonyl (C=O) groups excluding carboxylic acids is 2. The first-order valence-corrected chi connectivity index (χ1v) is 7.75. The lowest BCUT2D eigenvalue weighted by molar-refractivity contribution is -0.125. The van der Waals surface area contributed by atoms with Crippen LogP contribution >= 0.6 is 11.6 Å². The molecule has 0 saturated carbocycles. The Morgan fingerprint density at radius 2 is 1.83 bits per heavy atom. The average molecular weight is 329 g/mol. The molecule has 118 valence electrons. The SMILES string of the molecule is CC(=O)C1(C)Nc2ccccc2C(=O)N1Cc1ccccc1Cl. The molecule has 0 aliphatic carbocycles. The van der Waals surface area contributed by atoms with E-state index in [0.717, 1.165) is 5.56 Å². The van der Waals surface area contributed by atoms with E-state index in [4.69, 9.17) is 11.6 Å². The summed E-state index contributed by atoms with van der Waals surface area (Å²) >= 11 is 6.22. The Bertz CT molecular complexity index is 790. The summed E-state index contributed by atoms with van der Waals surface area (Å²) in [6.45, 7) is 3.46. The molecule has 2 aromatic carbocycles. The highest BCUT2D eigenvalue weighted by Gasteiger charge is 2.44. The van der Waals surface area contributed by atoms with Crippen LogP contribution in [0.5, 0.6) is 0 Å². The van der Waals surface area contributed by atoms with Crippen molar-refractivity contribution < 1.29 is 9.59 Å². The van der Waals surface area contributed by atoms with Crippen molar-refractivity contribution in [2.75, 3.05) is 5.32 Å². The molecule has 1 atom stereocenters. The van der Waals surface area contributed by atoms with Gasteiger partial charge >= 0.3 is 0 Å². The fourth-order valence-corrected chi connectivity index (χ4v) is 2.96. The number of hydrogen-bond acceptors (Lipinski definition) is 3. The van der Waals surface area contributed by atoms with Crippen molar-refractivity contribution >= 4 is 29.0 Å². The van der Waals surface area contributed by atoms with Crippen LogP contribution in [0.4, 0.5) is 5.69 Å². The average Bonchev–Trinajstić information content (AvgIpc) is 2.53. The Hall–Kier alpha value is -2.33. The summed E-state index contributed by atoms with van der Waals surface area (Å²) in [6, 6.07) is 14.5. The van der Waals surface area contributed by atoms with Crippen molar-refractivity contribution in [1.82, 2.24) is 4.90 Å². The number of para-hydroxylation sites is 1. The fraction of sp³-hybridized carbons (Fsp3) is 0.222. The van der Waals surface area contributed by atoms with Crippen LogP contribution in [0.25, 0.3) is 0 Å². The lowest BCUT2D eigenvalue weighted by atomic mass is 9.96. The number of amides is 1. The lowest BCUT2D eigenvalue weighted by Crippen LogP contribution is -2.61. The normalized spacial score (nSPS) is 20.0. The molecule has 0 fully saturated rings. The Morgan fingerprint density at radius 3 is 2.52 bits per heavy atom. The molecule has 4 nitrogen and oxygen atoms in total. The molecule has 1 aliphatic rings. The zero-order chi connectivity index (χ0) is 16.6. The number of anilines is 1. The topological polar surface area (TPSA) is 49.4 Å². The van der Waals surface area contributed by atoms with E-state index in [0.29, 0.717) is 16.3 Å². The van der Waals surface area contributed by atoms with Gasteiger partial charge in [-0.25, -0.2) is 0 Å². The third-order valence-electron chi connectivity index (χ3n) is 4.29. The first-order valence-electron chi connectivity index (χ1n) is 7.37. The number of halogens is 1. The minimum atomic E-state index is -1.11. The third kappa shape index (κ3) is 2.59.